The lowest BCUT2D eigenvalue weighted by atomic mass is 9.95. The molecule has 1 aromatic rings. The molecule has 16 heavy (non-hydrogen) atoms. The summed E-state index contributed by atoms with van der Waals surface area (Å²) in [6, 6.07) is 4.90. The molecule has 0 spiro atoms. The van der Waals surface area contributed by atoms with E-state index in [0.29, 0.717) is 5.56 Å². The van der Waals surface area contributed by atoms with Gasteiger partial charge in [0.25, 0.3) is 5.69 Å². The first-order valence-corrected chi connectivity index (χ1v) is 4.66. The number of rotatable bonds is 4. The van der Waals surface area contributed by atoms with E-state index in [-0.39, 0.29) is 5.69 Å². The highest BCUT2D eigenvalue weighted by molar-refractivity contribution is 5.70. The van der Waals surface area contributed by atoms with Gasteiger partial charge >= 0.3 is 5.97 Å². The second-order valence-electron chi connectivity index (χ2n) is 3.50. The molecule has 6 nitrogen and oxygen atoms in total. The lowest BCUT2D eigenvalue weighted by Crippen LogP contribution is -2.25. The fraction of sp³-hybridized carbons (Fsp3) is 0.300. The number of aliphatic carboxylic acids is 1. The van der Waals surface area contributed by atoms with E-state index in [1.165, 1.54) is 31.2 Å². The highest BCUT2D eigenvalue weighted by atomic mass is 16.6. The molecule has 0 saturated carbocycles. The van der Waals surface area contributed by atoms with Gasteiger partial charge in [0.15, 0.2) is 0 Å². The zero-order valence-electron chi connectivity index (χ0n) is 8.66. The molecule has 1 rings (SSSR count). The molecule has 0 heterocycles. The molecule has 0 fully saturated rings. The minimum Gasteiger partial charge on any atom is -0.481 e. The summed E-state index contributed by atoms with van der Waals surface area (Å²) in [5, 5.41) is 19.2. The fourth-order valence-electron chi connectivity index (χ4n) is 1.26. The number of nitro benzene ring substituents is 1. The van der Waals surface area contributed by atoms with Crippen molar-refractivity contribution in [1.29, 1.82) is 0 Å². The first-order valence-electron chi connectivity index (χ1n) is 4.66. The molecule has 6 heteroatoms. The van der Waals surface area contributed by atoms with Crippen molar-refractivity contribution in [2.75, 3.05) is 0 Å². The summed E-state index contributed by atoms with van der Waals surface area (Å²) in [5.41, 5.74) is 6.24. The first-order chi connectivity index (χ1) is 7.43. The van der Waals surface area contributed by atoms with Gasteiger partial charge in [-0.15, -0.1) is 0 Å². The highest BCUT2D eigenvalue weighted by Gasteiger charge is 2.21. The smallest absolute Gasteiger partial charge is 0.308 e. The third kappa shape index (κ3) is 2.54. The Morgan fingerprint density at radius 2 is 1.94 bits per heavy atom. The first kappa shape index (κ1) is 12.1. The van der Waals surface area contributed by atoms with E-state index < -0.39 is 22.9 Å². The summed E-state index contributed by atoms with van der Waals surface area (Å²) in [5.74, 6) is -1.73. The van der Waals surface area contributed by atoms with Crippen molar-refractivity contribution in [3.05, 3.63) is 39.9 Å². The SMILES string of the molecule is CC(C(=O)O)C(N)c1ccc([N+](=O)[O-])cc1. The van der Waals surface area contributed by atoms with Crippen LogP contribution in [-0.4, -0.2) is 16.0 Å². The molecular formula is C10H12N2O4. The van der Waals surface area contributed by atoms with Crippen LogP contribution in [0.5, 0.6) is 0 Å². The van der Waals surface area contributed by atoms with Crippen LogP contribution in [0.4, 0.5) is 5.69 Å². The number of nitro groups is 1. The van der Waals surface area contributed by atoms with Crippen LogP contribution in [0.3, 0.4) is 0 Å². The third-order valence-corrected chi connectivity index (χ3v) is 2.42. The molecule has 0 amide bonds. The molecule has 2 atom stereocenters. The number of nitrogens with two attached hydrogens (primary N) is 1. The van der Waals surface area contributed by atoms with Gasteiger partial charge in [-0.2, -0.15) is 0 Å². The van der Waals surface area contributed by atoms with Gasteiger partial charge in [0.1, 0.15) is 0 Å². The number of carboxylic acid groups (broad SMARTS) is 1. The van der Waals surface area contributed by atoms with Gasteiger partial charge in [0.2, 0.25) is 0 Å². The van der Waals surface area contributed by atoms with Crippen LogP contribution in [0, 0.1) is 16.0 Å². The lowest BCUT2D eigenvalue weighted by Gasteiger charge is -2.15. The predicted molar refractivity (Wildman–Crippen MR) is 56.8 cm³/mol. The van der Waals surface area contributed by atoms with Crippen LogP contribution in [0.25, 0.3) is 0 Å². The maximum absolute atomic E-state index is 10.7. The van der Waals surface area contributed by atoms with Crippen LogP contribution < -0.4 is 5.73 Å². The monoisotopic (exact) mass is 224 g/mol. The fourth-order valence-corrected chi connectivity index (χ4v) is 1.26. The Balaban J connectivity index is 2.89. The van der Waals surface area contributed by atoms with Gasteiger partial charge in [-0.25, -0.2) is 0 Å². The summed E-state index contributed by atoms with van der Waals surface area (Å²) in [6.07, 6.45) is 0. The van der Waals surface area contributed by atoms with E-state index >= 15 is 0 Å². The van der Waals surface area contributed by atoms with Gasteiger partial charge in [-0.3, -0.25) is 14.9 Å². The molecule has 0 bridgehead atoms. The molecule has 1 aromatic carbocycles. The summed E-state index contributed by atoms with van der Waals surface area (Å²) < 4.78 is 0. The van der Waals surface area contributed by atoms with Crippen molar-refractivity contribution < 1.29 is 14.8 Å². The molecular weight excluding hydrogens is 212 g/mol. The van der Waals surface area contributed by atoms with Crippen molar-refractivity contribution in [3.63, 3.8) is 0 Å². The normalized spacial score (nSPS) is 14.1. The second-order valence-corrected chi connectivity index (χ2v) is 3.50. The number of hydrogen-bond donors (Lipinski definition) is 2. The summed E-state index contributed by atoms with van der Waals surface area (Å²) in [6.45, 7) is 1.49. The average Bonchev–Trinajstić information content (AvgIpc) is 2.27. The third-order valence-electron chi connectivity index (χ3n) is 2.42. The Kier molecular flexibility index (Phi) is 3.57. The van der Waals surface area contributed by atoms with Crippen molar-refractivity contribution >= 4 is 11.7 Å². The lowest BCUT2D eigenvalue weighted by molar-refractivity contribution is -0.384. The minimum absolute atomic E-state index is 0.0427. The molecule has 0 aliphatic heterocycles. The molecule has 2 unspecified atom stereocenters. The number of benzene rings is 1. The molecule has 0 saturated heterocycles. The maximum atomic E-state index is 10.7. The Morgan fingerprint density at radius 3 is 2.31 bits per heavy atom. The van der Waals surface area contributed by atoms with E-state index in [1.54, 1.807) is 0 Å². The molecule has 0 aliphatic rings. The minimum atomic E-state index is -0.995. The quantitative estimate of drug-likeness (QED) is 0.592. The highest BCUT2D eigenvalue weighted by Crippen LogP contribution is 2.21. The van der Waals surface area contributed by atoms with Gasteiger partial charge in [-0.1, -0.05) is 19.1 Å². The second kappa shape index (κ2) is 4.71. The number of carbonyl (C=O) groups is 1. The predicted octanol–water partition coefficient (Wildman–Crippen LogP) is 1.32. The number of carboxylic acids is 1. The van der Waals surface area contributed by atoms with Crippen LogP contribution >= 0.6 is 0 Å². The van der Waals surface area contributed by atoms with Crippen molar-refractivity contribution in [3.8, 4) is 0 Å². The number of non-ortho nitro benzene ring substituents is 1. The summed E-state index contributed by atoms with van der Waals surface area (Å²) in [4.78, 5) is 20.6. The largest absolute Gasteiger partial charge is 0.481 e. The van der Waals surface area contributed by atoms with E-state index in [1.807, 2.05) is 0 Å². The van der Waals surface area contributed by atoms with Crippen molar-refractivity contribution in [2.24, 2.45) is 11.7 Å². The van der Waals surface area contributed by atoms with E-state index in [4.69, 9.17) is 10.8 Å². The number of nitrogens with zero attached hydrogens (tertiary/aromatic N) is 1. The molecule has 86 valence electrons. The molecule has 3 N–H and O–H groups in total. The van der Waals surface area contributed by atoms with Crippen LogP contribution in [-0.2, 0) is 4.79 Å². The Hall–Kier alpha value is -1.95. The molecule has 0 aliphatic carbocycles. The van der Waals surface area contributed by atoms with Crippen LogP contribution in [0.1, 0.15) is 18.5 Å². The van der Waals surface area contributed by atoms with E-state index in [0.717, 1.165) is 0 Å². The Morgan fingerprint density at radius 1 is 1.44 bits per heavy atom. The summed E-state index contributed by atoms with van der Waals surface area (Å²) in [7, 11) is 0. The number of hydrogen-bond acceptors (Lipinski definition) is 4. The Bertz CT molecular complexity index is 402. The zero-order chi connectivity index (χ0) is 12.3. The van der Waals surface area contributed by atoms with Crippen molar-refractivity contribution in [1.82, 2.24) is 0 Å². The van der Waals surface area contributed by atoms with Gasteiger partial charge in [0.05, 0.1) is 10.8 Å². The topological polar surface area (TPSA) is 106 Å². The standard InChI is InChI=1S/C10H12N2O4/c1-6(10(13)14)9(11)7-2-4-8(5-3-7)12(15)16/h2-6,9H,11H2,1H3,(H,13,14). The van der Waals surface area contributed by atoms with E-state index in [9.17, 15) is 14.9 Å². The zero-order valence-corrected chi connectivity index (χ0v) is 8.66. The van der Waals surface area contributed by atoms with E-state index in [2.05, 4.69) is 0 Å². The summed E-state index contributed by atoms with van der Waals surface area (Å²) >= 11 is 0. The molecule has 0 radical (unpaired) electrons. The van der Waals surface area contributed by atoms with Crippen LogP contribution in [0.2, 0.25) is 0 Å². The molecule has 0 aromatic heterocycles. The Labute approximate surface area is 91.8 Å². The average molecular weight is 224 g/mol. The van der Waals surface area contributed by atoms with Gasteiger partial charge in [-0.05, 0) is 5.56 Å². The van der Waals surface area contributed by atoms with Crippen molar-refractivity contribution in [2.45, 2.75) is 13.0 Å². The maximum Gasteiger partial charge on any atom is 0.308 e. The van der Waals surface area contributed by atoms with Gasteiger partial charge < -0.3 is 10.8 Å². The van der Waals surface area contributed by atoms with Gasteiger partial charge in [0, 0.05) is 18.2 Å². The van der Waals surface area contributed by atoms with Crippen LogP contribution in [0.15, 0.2) is 24.3 Å².